The number of hydrogen-bond donors (Lipinski definition) is 0. The Morgan fingerprint density at radius 2 is 1.81 bits per heavy atom. The van der Waals surface area contributed by atoms with Crippen molar-refractivity contribution in [2.75, 3.05) is 19.7 Å². The van der Waals surface area contributed by atoms with Gasteiger partial charge >= 0.3 is 0 Å². The maximum absolute atomic E-state index is 13.6. The molecule has 2 aromatic carbocycles. The van der Waals surface area contributed by atoms with Gasteiger partial charge in [0.2, 0.25) is 5.91 Å². The number of ether oxygens (including phenoxy) is 1. The number of carbonyl (C=O) groups excluding carboxylic acids is 2. The third-order valence-corrected chi connectivity index (χ3v) is 6.43. The first kappa shape index (κ1) is 26.1. The zero-order valence-electron chi connectivity index (χ0n) is 21.1. The number of aryl methyl sites for hydroxylation is 2. The van der Waals surface area contributed by atoms with Crippen molar-refractivity contribution in [3.05, 3.63) is 99.0 Å². The Morgan fingerprint density at radius 1 is 1.03 bits per heavy atom. The van der Waals surface area contributed by atoms with E-state index in [0.29, 0.717) is 24.5 Å². The fourth-order valence-corrected chi connectivity index (χ4v) is 4.43. The number of carbonyl (C=O) groups is 2. The van der Waals surface area contributed by atoms with E-state index in [1.165, 1.54) is 11.0 Å². The third-order valence-electron chi connectivity index (χ3n) is 6.43. The predicted octanol–water partition coefficient (Wildman–Crippen LogP) is 4.65. The van der Waals surface area contributed by atoms with E-state index in [4.69, 9.17) is 9.15 Å². The van der Waals surface area contributed by atoms with Gasteiger partial charge in [0.05, 0.1) is 17.6 Å². The predicted molar refractivity (Wildman–Crippen MR) is 137 cm³/mol. The summed E-state index contributed by atoms with van der Waals surface area (Å²) in [5, 5.41) is 11.5. The number of nitro benzene ring substituents is 1. The molecule has 2 heterocycles. The molecule has 1 atom stereocenters. The second kappa shape index (κ2) is 11.8. The van der Waals surface area contributed by atoms with Gasteiger partial charge < -0.3 is 19.0 Å². The van der Waals surface area contributed by atoms with Crippen LogP contribution in [0.2, 0.25) is 0 Å². The summed E-state index contributed by atoms with van der Waals surface area (Å²) in [5.74, 6) is 0.692. The number of benzene rings is 2. The van der Waals surface area contributed by atoms with E-state index in [1.807, 2.05) is 49.4 Å². The number of furan rings is 1. The average molecular weight is 506 g/mol. The minimum absolute atomic E-state index is 0.131. The van der Waals surface area contributed by atoms with Crippen LogP contribution in [0.25, 0.3) is 0 Å². The highest BCUT2D eigenvalue weighted by Crippen LogP contribution is 2.22. The van der Waals surface area contributed by atoms with Gasteiger partial charge in [0.15, 0.2) is 0 Å². The molecule has 3 aromatic rings. The SMILES string of the molecule is Cc1ccc(CN(Cc2ccccc2)C(=O)CN(CC2CCCO2)C(=O)c2ccc(C)c([N+](=O)[O-])c2)o1. The van der Waals surface area contributed by atoms with Gasteiger partial charge in [-0.1, -0.05) is 36.4 Å². The molecule has 9 heteroatoms. The highest BCUT2D eigenvalue weighted by molar-refractivity contribution is 5.97. The normalized spacial score (nSPS) is 14.9. The van der Waals surface area contributed by atoms with Crippen molar-refractivity contribution in [3.63, 3.8) is 0 Å². The Morgan fingerprint density at radius 3 is 2.46 bits per heavy atom. The Kier molecular flexibility index (Phi) is 8.35. The number of nitro groups is 1. The molecule has 0 N–H and O–H groups in total. The molecule has 4 rings (SSSR count). The summed E-state index contributed by atoms with van der Waals surface area (Å²) in [6, 6.07) is 17.7. The van der Waals surface area contributed by atoms with Gasteiger partial charge in [-0.25, -0.2) is 0 Å². The average Bonchev–Trinajstić information content (AvgIpc) is 3.55. The van der Waals surface area contributed by atoms with E-state index in [0.717, 1.165) is 24.2 Å². The lowest BCUT2D eigenvalue weighted by molar-refractivity contribution is -0.385. The molecule has 1 aliphatic heterocycles. The van der Waals surface area contributed by atoms with Gasteiger partial charge in [-0.3, -0.25) is 19.7 Å². The lowest BCUT2D eigenvalue weighted by Crippen LogP contribution is -2.45. The summed E-state index contributed by atoms with van der Waals surface area (Å²) < 4.78 is 11.5. The van der Waals surface area contributed by atoms with Crippen molar-refractivity contribution in [1.29, 1.82) is 0 Å². The minimum Gasteiger partial charge on any atom is -0.464 e. The van der Waals surface area contributed by atoms with Gasteiger partial charge in [-0.05, 0) is 50.5 Å². The topological polar surface area (TPSA) is 106 Å². The van der Waals surface area contributed by atoms with Crippen molar-refractivity contribution in [1.82, 2.24) is 9.80 Å². The van der Waals surface area contributed by atoms with Crippen LogP contribution in [0.3, 0.4) is 0 Å². The summed E-state index contributed by atoms with van der Waals surface area (Å²) in [7, 11) is 0. The molecule has 194 valence electrons. The van der Waals surface area contributed by atoms with Crippen LogP contribution in [-0.4, -0.2) is 52.3 Å². The molecule has 0 saturated carbocycles. The second-order valence-corrected chi connectivity index (χ2v) is 9.33. The van der Waals surface area contributed by atoms with Gasteiger partial charge in [-0.15, -0.1) is 0 Å². The van der Waals surface area contributed by atoms with Crippen LogP contribution in [0.15, 0.2) is 65.1 Å². The van der Waals surface area contributed by atoms with Crippen LogP contribution in [-0.2, 0) is 22.6 Å². The van der Waals surface area contributed by atoms with Crippen molar-refractivity contribution < 1.29 is 23.7 Å². The molecule has 9 nitrogen and oxygen atoms in total. The second-order valence-electron chi connectivity index (χ2n) is 9.33. The lowest BCUT2D eigenvalue weighted by atomic mass is 10.1. The lowest BCUT2D eigenvalue weighted by Gasteiger charge is -2.29. The molecular formula is C28H31N3O6. The Balaban J connectivity index is 1.59. The molecular weight excluding hydrogens is 474 g/mol. The molecule has 1 saturated heterocycles. The number of nitrogens with zero attached hydrogens (tertiary/aromatic N) is 3. The summed E-state index contributed by atoms with van der Waals surface area (Å²) in [6.07, 6.45) is 1.48. The Labute approximate surface area is 215 Å². The summed E-state index contributed by atoms with van der Waals surface area (Å²) in [4.78, 5) is 41.2. The highest BCUT2D eigenvalue weighted by Gasteiger charge is 2.28. The van der Waals surface area contributed by atoms with Crippen molar-refractivity contribution >= 4 is 17.5 Å². The van der Waals surface area contributed by atoms with E-state index in [-0.39, 0.29) is 42.9 Å². The Bertz CT molecular complexity index is 1250. The van der Waals surface area contributed by atoms with Crippen LogP contribution >= 0.6 is 0 Å². The summed E-state index contributed by atoms with van der Waals surface area (Å²) >= 11 is 0. The number of rotatable bonds is 10. The molecule has 37 heavy (non-hydrogen) atoms. The van der Waals surface area contributed by atoms with E-state index in [9.17, 15) is 19.7 Å². The van der Waals surface area contributed by atoms with E-state index < -0.39 is 10.8 Å². The number of amides is 2. The van der Waals surface area contributed by atoms with Crippen molar-refractivity contribution in [2.45, 2.75) is 45.9 Å². The van der Waals surface area contributed by atoms with Gasteiger partial charge in [0, 0.05) is 36.9 Å². The quantitative estimate of drug-likeness (QED) is 0.293. The zero-order chi connectivity index (χ0) is 26.4. The smallest absolute Gasteiger partial charge is 0.273 e. The molecule has 1 aliphatic rings. The highest BCUT2D eigenvalue weighted by atomic mass is 16.6. The summed E-state index contributed by atoms with van der Waals surface area (Å²) in [6.45, 7) is 4.71. The molecule has 1 unspecified atom stereocenters. The van der Waals surface area contributed by atoms with Crippen LogP contribution in [0.5, 0.6) is 0 Å². The van der Waals surface area contributed by atoms with Crippen LogP contribution in [0, 0.1) is 24.0 Å². The van der Waals surface area contributed by atoms with E-state index >= 15 is 0 Å². The first-order valence-corrected chi connectivity index (χ1v) is 12.3. The molecule has 1 fully saturated rings. The minimum atomic E-state index is -0.505. The van der Waals surface area contributed by atoms with Crippen LogP contribution in [0.1, 0.15) is 45.8 Å². The molecule has 0 radical (unpaired) electrons. The van der Waals surface area contributed by atoms with Gasteiger partial charge in [0.1, 0.15) is 18.1 Å². The van der Waals surface area contributed by atoms with Crippen LogP contribution < -0.4 is 0 Å². The third kappa shape index (κ3) is 6.83. The largest absolute Gasteiger partial charge is 0.464 e. The fourth-order valence-electron chi connectivity index (χ4n) is 4.43. The van der Waals surface area contributed by atoms with Gasteiger partial charge in [-0.2, -0.15) is 0 Å². The molecule has 0 bridgehead atoms. The van der Waals surface area contributed by atoms with Crippen molar-refractivity contribution in [3.8, 4) is 0 Å². The fraction of sp³-hybridized carbons (Fsp3) is 0.357. The van der Waals surface area contributed by atoms with Crippen molar-refractivity contribution in [2.24, 2.45) is 0 Å². The van der Waals surface area contributed by atoms with Gasteiger partial charge in [0.25, 0.3) is 11.6 Å². The molecule has 1 aromatic heterocycles. The van der Waals surface area contributed by atoms with E-state index in [1.54, 1.807) is 24.0 Å². The van der Waals surface area contributed by atoms with E-state index in [2.05, 4.69) is 0 Å². The monoisotopic (exact) mass is 505 g/mol. The van der Waals surface area contributed by atoms with Crippen LogP contribution in [0.4, 0.5) is 5.69 Å². The maximum atomic E-state index is 13.6. The summed E-state index contributed by atoms with van der Waals surface area (Å²) in [5.41, 5.74) is 1.45. The first-order chi connectivity index (χ1) is 17.8. The standard InChI is InChI=1S/C28H31N3O6/c1-20-10-12-23(15-26(20)31(34)35)28(33)30(17-24-9-6-14-36-24)19-27(32)29(16-22-7-4-3-5-8-22)18-25-13-11-21(2)37-25/h3-5,7-8,10-13,15,24H,6,9,14,16-19H2,1-2H3. The molecule has 2 amide bonds. The first-order valence-electron chi connectivity index (χ1n) is 12.3. The maximum Gasteiger partial charge on any atom is 0.273 e. The Hall–Kier alpha value is -3.98. The molecule has 0 spiro atoms. The molecule has 0 aliphatic carbocycles. The zero-order valence-corrected chi connectivity index (χ0v) is 21.1. The number of hydrogen-bond acceptors (Lipinski definition) is 6.